The molecule has 1 aliphatic rings. The smallest absolute Gasteiger partial charge is 0.222 e. The van der Waals surface area contributed by atoms with Crippen LogP contribution in [0.5, 0.6) is 0 Å². The van der Waals surface area contributed by atoms with Crippen molar-refractivity contribution in [2.45, 2.75) is 51.5 Å². The molecule has 1 unspecified atom stereocenters. The molecule has 0 radical (unpaired) electrons. The summed E-state index contributed by atoms with van der Waals surface area (Å²) in [6, 6.07) is 10.4. The molecule has 2 aromatic rings. The number of piperidine rings is 1. The zero-order valence-corrected chi connectivity index (χ0v) is 14.5. The monoisotopic (exact) mass is 325 g/mol. The van der Waals surface area contributed by atoms with E-state index >= 15 is 0 Å². The summed E-state index contributed by atoms with van der Waals surface area (Å²) >= 11 is 0. The molecular weight excluding hydrogens is 298 g/mol. The molecule has 1 aromatic carbocycles. The van der Waals surface area contributed by atoms with Crippen LogP contribution in [0.1, 0.15) is 49.9 Å². The van der Waals surface area contributed by atoms with Gasteiger partial charge in [0.1, 0.15) is 5.82 Å². The third kappa shape index (κ3) is 4.05. The van der Waals surface area contributed by atoms with Crippen LogP contribution in [-0.2, 0) is 17.8 Å². The maximum atomic E-state index is 12.6. The number of amides is 1. The molecule has 0 bridgehead atoms. The second kappa shape index (κ2) is 8.13. The Morgan fingerprint density at radius 1 is 1.29 bits per heavy atom. The van der Waals surface area contributed by atoms with E-state index in [1.54, 1.807) is 0 Å². The number of carbonyl (C=O) groups excluding carboxylic acids is 1. The summed E-state index contributed by atoms with van der Waals surface area (Å²) in [6.07, 6.45) is 8.66. The van der Waals surface area contributed by atoms with Crippen LogP contribution in [-0.4, -0.2) is 33.4 Å². The Labute approximate surface area is 144 Å². The first-order chi connectivity index (χ1) is 11.8. The van der Waals surface area contributed by atoms with Gasteiger partial charge in [-0.2, -0.15) is 0 Å². The number of nitrogens with zero attached hydrogens (tertiary/aromatic N) is 3. The number of hydrogen-bond acceptors (Lipinski definition) is 2. The predicted molar refractivity (Wildman–Crippen MR) is 95.8 cm³/mol. The second-order valence-corrected chi connectivity index (χ2v) is 6.59. The fourth-order valence-electron chi connectivity index (χ4n) is 3.61. The van der Waals surface area contributed by atoms with Crippen molar-refractivity contribution in [3.05, 3.63) is 54.1 Å². The van der Waals surface area contributed by atoms with Crippen LogP contribution in [0.15, 0.2) is 42.7 Å². The van der Waals surface area contributed by atoms with E-state index in [1.165, 1.54) is 5.56 Å². The summed E-state index contributed by atoms with van der Waals surface area (Å²) in [6.45, 7) is 4.80. The van der Waals surface area contributed by atoms with Gasteiger partial charge in [0.2, 0.25) is 5.91 Å². The first-order valence-electron chi connectivity index (χ1n) is 9.10. The van der Waals surface area contributed by atoms with Crippen molar-refractivity contribution in [2.75, 3.05) is 13.1 Å². The Kier molecular flexibility index (Phi) is 5.68. The number of likely N-dealkylation sites (tertiary alicyclic amines) is 1. The predicted octanol–water partition coefficient (Wildman–Crippen LogP) is 3.63. The molecule has 0 N–H and O–H groups in total. The minimum absolute atomic E-state index is 0.297. The highest BCUT2D eigenvalue weighted by atomic mass is 16.2. The van der Waals surface area contributed by atoms with Crippen molar-refractivity contribution in [3.63, 3.8) is 0 Å². The molecular formula is C20H27N3O. The van der Waals surface area contributed by atoms with Crippen molar-refractivity contribution in [1.29, 1.82) is 0 Å². The summed E-state index contributed by atoms with van der Waals surface area (Å²) in [7, 11) is 0. The lowest BCUT2D eigenvalue weighted by molar-refractivity contribution is -0.132. The summed E-state index contributed by atoms with van der Waals surface area (Å²) in [5.41, 5.74) is 1.31. The topological polar surface area (TPSA) is 38.1 Å². The molecule has 1 saturated heterocycles. The Bertz CT molecular complexity index is 650. The Balaban J connectivity index is 1.51. The highest BCUT2D eigenvalue weighted by Gasteiger charge is 2.26. The SMILES string of the molecule is CCn1ccnc1C1CCCN(C(=O)CCCc2ccccc2)C1. The number of carbonyl (C=O) groups is 1. The van der Waals surface area contributed by atoms with Gasteiger partial charge in [-0.3, -0.25) is 4.79 Å². The fourth-order valence-corrected chi connectivity index (χ4v) is 3.61. The van der Waals surface area contributed by atoms with Gasteiger partial charge >= 0.3 is 0 Å². The quantitative estimate of drug-likeness (QED) is 0.813. The molecule has 1 atom stereocenters. The van der Waals surface area contributed by atoms with Gasteiger partial charge in [-0.15, -0.1) is 0 Å². The molecule has 0 spiro atoms. The van der Waals surface area contributed by atoms with Crippen LogP contribution in [0.3, 0.4) is 0 Å². The summed E-state index contributed by atoms with van der Waals surface area (Å²) in [4.78, 5) is 19.1. The van der Waals surface area contributed by atoms with E-state index in [2.05, 4.69) is 40.7 Å². The number of aryl methyl sites for hydroxylation is 2. The average molecular weight is 325 g/mol. The van der Waals surface area contributed by atoms with Gasteiger partial charge in [0.25, 0.3) is 0 Å². The Morgan fingerprint density at radius 2 is 2.12 bits per heavy atom. The zero-order valence-electron chi connectivity index (χ0n) is 14.5. The molecule has 1 aliphatic heterocycles. The van der Waals surface area contributed by atoms with Crippen LogP contribution in [0.4, 0.5) is 0 Å². The minimum atomic E-state index is 0.297. The van der Waals surface area contributed by atoms with Gasteiger partial charge in [0.15, 0.2) is 0 Å². The largest absolute Gasteiger partial charge is 0.342 e. The van der Waals surface area contributed by atoms with Crippen molar-refractivity contribution in [3.8, 4) is 0 Å². The molecule has 0 saturated carbocycles. The van der Waals surface area contributed by atoms with E-state index in [0.29, 0.717) is 18.2 Å². The minimum Gasteiger partial charge on any atom is -0.342 e. The van der Waals surface area contributed by atoms with E-state index in [-0.39, 0.29) is 0 Å². The summed E-state index contributed by atoms with van der Waals surface area (Å²) in [5, 5.41) is 0. The molecule has 24 heavy (non-hydrogen) atoms. The maximum absolute atomic E-state index is 12.6. The van der Waals surface area contributed by atoms with E-state index < -0.39 is 0 Å². The standard InChI is InChI=1S/C20H27N3O/c1-2-22-15-13-21-20(22)18-11-7-14-23(16-18)19(24)12-6-10-17-8-4-3-5-9-17/h3-5,8-9,13,15,18H,2,6-7,10-12,14,16H2,1H3. The molecule has 4 heteroatoms. The number of hydrogen-bond donors (Lipinski definition) is 0. The third-order valence-corrected chi connectivity index (χ3v) is 4.93. The average Bonchev–Trinajstić information content (AvgIpc) is 3.11. The lowest BCUT2D eigenvalue weighted by Gasteiger charge is -2.32. The molecule has 1 aromatic heterocycles. The molecule has 1 amide bonds. The van der Waals surface area contributed by atoms with E-state index in [9.17, 15) is 4.79 Å². The van der Waals surface area contributed by atoms with Gasteiger partial charge < -0.3 is 9.47 Å². The normalized spacial score (nSPS) is 17.9. The number of aromatic nitrogens is 2. The number of benzene rings is 1. The molecule has 4 nitrogen and oxygen atoms in total. The van der Waals surface area contributed by atoms with Crippen molar-refractivity contribution in [1.82, 2.24) is 14.5 Å². The molecule has 2 heterocycles. The van der Waals surface area contributed by atoms with Crippen LogP contribution < -0.4 is 0 Å². The van der Waals surface area contributed by atoms with Gasteiger partial charge in [-0.05, 0) is 38.2 Å². The molecule has 0 aliphatic carbocycles. The van der Waals surface area contributed by atoms with Crippen molar-refractivity contribution in [2.24, 2.45) is 0 Å². The van der Waals surface area contributed by atoms with E-state index in [1.807, 2.05) is 23.4 Å². The second-order valence-electron chi connectivity index (χ2n) is 6.59. The third-order valence-electron chi connectivity index (χ3n) is 4.93. The number of imidazole rings is 1. The zero-order chi connectivity index (χ0) is 16.8. The fraction of sp³-hybridized carbons (Fsp3) is 0.500. The van der Waals surface area contributed by atoms with Crippen molar-refractivity contribution < 1.29 is 4.79 Å². The number of rotatable bonds is 6. The lowest BCUT2D eigenvalue weighted by atomic mass is 9.96. The van der Waals surface area contributed by atoms with Gasteiger partial charge in [0, 0.05) is 44.4 Å². The molecule has 3 rings (SSSR count). The van der Waals surface area contributed by atoms with Crippen LogP contribution in [0.25, 0.3) is 0 Å². The van der Waals surface area contributed by atoms with Crippen LogP contribution in [0.2, 0.25) is 0 Å². The van der Waals surface area contributed by atoms with Gasteiger partial charge in [0.05, 0.1) is 0 Å². The van der Waals surface area contributed by atoms with E-state index in [4.69, 9.17) is 0 Å². The Hall–Kier alpha value is -2.10. The van der Waals surface area contributed by atoms with Gasteiger partial charge in [-0.25, -0.2) is 4.98 Å². The molecule has 128 valence electrons. The molecule has 1 fully saturated rings. The highest BCUT2D eigenvalue weighted by Crippen LogP contribution is 2.26. The Morgan fingerprint density at radius 3 is 2.92 bits per heavy atom. The van der Waals surface area contributed by atoms with Gasteiger partial charge in [-0.1, -0.05) is 30.3 Å². The lowest BCUT2D eigenvalue weighted by Crippen LogP contribution is -2.39. The van der Waals surface area contributed by atoms with Crippen molar-refractivity contribution >= 4 is 5.91 Å². The first-order valence-corrected chi connectivity index (χ1v) is 9.10. The summed E-state index contributed by atoms with van der Waals surface area (Å²) < 4.78 is 2.20. The summed E-state index contributed by atoms with van der Waals surface area (Å²) in [5.74, 6) is 1.82. The first kappa shape index (κ1) is 16.7. The van der Waals surface area contributed by atoms with E-state index in [0.717, 1.165) is 51.1 Å². The highest BCUT2D eigenvalue weighted by molar-refractivity contribution is 5.76. The maximum Gasteiger partial charge on any atom is 0.222 e. The van der Waals surface area contributed by atoms with Crippen LogP contribution in [0, 0.1) is 0 Å². The van der Waals surface area contributed by atoms with Crippen LogP contribution >= 0.6 is 0 Å².